The Bertz CT molecular complexity index is 1080. The highest BCUT2D eigenvalue weighted by Gasteiger charge is 2.30. The fourth-order valence-corrected chi connectivity index (χ4v) is 3.30. The van der Waals surface area contributed by atoms with Crippen molar-refractivity contribution < 1.29 is 23.8 Å². The van der Waals surface area contributed by atoms with Crippen LogP contribution in [-0.2, 0) is 0 Å². The maximum Gasteiger partial charge on any atom is 0.254 e. The minimum Gasteiger partial charge on any atom is -0.484 e. The molecule has 5 N–H and O–H groups in total. The standard InChI is InChI=1S/C26H31FN4O4/c1-3-24(35-20-9-6-18(7-10-20)25(33)17-4-5-17)23(28)12-13-29-31-19-8-11-21(22(27)14-19)26(34)30-16(2)15-32/h6-14,16-17,24,28-29,31-32H,3-5,15H2,1-2H3,(H,30,34)/b13-12+,28-23?/t16-,24-/m1/s1. The number of ether oxygens (including phenoxy) is 1. The Balaban J connectivity index is 1.49. The number of benzene rings is 2. The van der Waals surface area contributed by atoms with Gasteiger partial charge in [0.25, 0.3) is 5.91 Å². The van der Waals surface area contributed by atoms with Crippen LogP contribution in [0.25, 0.3) is 0 Å². The van der Waals surface area contributed by atoms with Crippen molar-refractivity contribution in [2.45, 2.75) is 45.3 Å². The summed E-state index contributed by atoms with van der Waals surface area (Å²) >= 11 is 0. The van der Waals surface area contributed by atoms with E-state index in [1.165, 1.54) is 30.5 Å². The highest BCUT2D eigenvalue weighted by Crippen LogP contribution is 2.33. The van der Waals surface area contributed by atoms with Gasteiger partial charge in [0.05, 0.1) is 23.6 Å². The molecule has 1 aliphatic carbocycles. The third-order valence-electron chi connectivity index (χ3n) is 5.51. The molecule has 2 atom stereocenters. The molecule has 0 aromatic heterocycles. The molecule has 0 radical (unpaired) electrons. The van der Waals surface area contributed by atoms with E-state index in [-0.39, 0.29) is 29.6 Å². The van der Waals surface area contributed by atoms with Crippen LogP contribution >= 0.6 is 0 Å². The largest absolute Gasteiger partial charge is 0.484 e. The Hall–Kier alpha value is -3.72. The third kappa shape index (κ3) is 7.38. The minimum absolute atomic E-state index is 0.124. The lowest BCUT2D eigenvalue weighted by molar-refractivity contribution is 0.0917. The first-order valence-electron chi connectivity index (χ1n) is 11.6. The van der Waals surface area contributed by atoms with Crippen LogP contribution < -0.4 is 20.9 Å². The summed E-state index contributed by atoms with van der Waals surface area (Å²) in [7, 11) is 0. The maximum atomic E-state index is 14.3. The average Bonchev–Trinajstić information content (AvgIpc) is 3.70. The Labute approximate surface area is 204 Å². The van der Waals surface area contributed by atoms with Gasteiger partial charge >= 0.3 is 0 Å². The molecule has 1 amide bonds. The first kappa shape index (κ1) is 25.9. The van der Waals surface area contributed by atoms with Gasteiger partial charge in [-0.15, -0.1) is 0 Å². The van der Waals surface area contributed by atoms with Crippen LogP contribution in [0.5, 0.6) is 5.75 Å². The summed E-state index contributed by atoms with van der Waals surface area (Å²) < 4.78 is 20.2. The van der Waals surface area contributed by atoms with E-state index in [0.29, 0.717) is 23.4 Å². The predicted octanol–water partition coefficient (Wildman–Crippen LogP) is 3.84. The van der Waals surface area contributed by atoms with Crippen LogP contribution in [0, 0.1) is 17.1 Å². The lowest BCUT2D eigenvalue weighted by Crippen LogP contribution is -2.35. The van der Waals surface area contributed by atoms with E-state index in [0.717, 1.165) is 12.8 Å². The topological polar surface area (TPSA) is 124 Å². The molecule has 35 heavy (non-hydrogen) atoms. The minimum atomic E-state index is -0.708. The zero-order chi connectivity index (χ0) is 25.4. The number of carbonyl (C=O) groups is 2. The number of aliphatic hydroxyl groups excluding tert-OH is 1. The van der Waals surface area contributed by atoms with Crippen LogP contribution in [-0.4, -0.2) is 41.3 Å². The van der Waals surface area contributed by atoms with E-state index < -0.39 is 23.9 Å². The van der Waals surface area contributed by atoms with Crippen molar-refractivity contribution in [3.8, 4) is 5.75 Å². The van der Waals surface area contributed by atoms with E-state index in [1.54, 1.807) is 31.2 Å². The number of hydrogen-bond donors (Lipinski definition) is 5. The number of Topliss-reactive ketones (excluding diaryl/α,β-unsaturated/α-hetero) is 1. The normalized spacial score (nSPS) is 14.7. The number of hydrogen-bond acceptors (Lipinski definition) is 7. The molecule has 9 heteroatoms. The Morgan fingerprint density at radius 1 is 1.23 bits per heavy atom. The lowest BCUT2D eigenvalue weighted by atomic mass is 10.1. The average molecular weight is 483 g/mol. The molecule has 1 aliphatic rings. The van der Waals surface area contributed by atoms with Gasteiger partial charge in [-0.2, -0.15) is 0 Å². The van der Waals surface area contributed by atoms with E-state index in [2.05, 4.69) is 16.2 Å². The van der Waals surface area contributed by atoms with E-state index in [1.807, 2.05) is 6.92 Å². The molecule has 0 heterocycles. The fourth-order valence-electron chi connectivity index (χ4n) is 3.30. The van der Waals surface area contributed by atoms with Crippen molar-refractivity contribution in [2.75, 3.05) is 12.0 Å². The molecule has 2 aromatic carbocycles. The zero-order valence-electron chi connectivity index (χ0n) is 19.8. The summed E-state index contributed by atoms with van der Waals surface area (Å²) in [6.07, 6.45) is 5.04. The second kappa shape index (κ2) is 12.1. The van der Waals surface area contributed by atoms with Gasteiger partial charge in [-0.25, -0.2) is 4.39 Å². The van der Waals surface area contributed by atoms with Crippen LogP contribution in [0.15, 0.2) is 54.7 Å². The van der Waals surface area contributed by atoms with Crippen molar-refractivity contribution in [1.29, 1.82) is 5.41 Å². The fraction of sp³-hybridized carbons (Fsp3) is 0.346. The van der Waals surface area contributed by atoms with Crippen molar-refractivity contribution in [3.05, 3.63) is 71.7 Å². The number of anilines is 1. The summed E-state index contributed by atoms with van der Waals surface area (Å²) in [4.78, 5) is 24.1. The van der Waals surface area contributed by atoms with Gasteiger partial charge in [-0.05, 0) is 74.7 Å². The van der Waals surface area contributed by atoms with Crippen LogP contribution in [0.3, 0.4) is 0 Å². The quantitative estimate of drug-likeness (QED) is 0.168. The molecule has 0 bridgehead atoms. The highest BCUT2D eigenvalue weighted by atomic mass is 19.1. The Kier molecular flexibility index (Phi) is 8.97. The smallest absolute Gasteiger partial charge is 0.254 e. The molecular weight excluding hydrogens is 451 g/mol. The number of amides is 1. The van der Waals surface area contributed by atoms with Gasteiger partial charge in [-0.1, -0.05) is 6.92 Å². The second-order valence-corrected chi connectivity index (χ2v) is 8.49. The summed E-state index contributed by atoms with van der Waals surface area (Å²) in [5.74, 6) is -0.389. The van der Waals surface area contributed by atoms with E-state index in [4.69, 9.17) is 15.3 Å². The van der Waals surface area contributed by atoms with Gasteiger partial charge in [0, 0.05) is 23.7 Å². The van der Waals surface area contributed by atoms with Gasteiger partial charge in [-0.3, -0.25) is 9.59 Å². The van der Waals surface area contributed by atoms with Crippen molar-refractivity contribution in [2.24, 2.45) is 5.92 Å². The molecule has 1 saturated carbocycles. The van der Waals surface area contributed by atoms with Crippen molar-refractivity contribution in [1.82, 2.24) is 10.7 Å². The molecule has 1 fully saturated rings. The monoisotopic (exact) mass is 482 g/mol. The summed E-state index contributed by atoms with van der Waals surface area (Å²) in [6.45, 7) is 3.28. The molecule has 8 nitrogen and oxygen atoms in total. The van der Waals surface area contributed by atoms with Gasteiger partial charge in [0.1, 0.15) is 17.7 Å². The number of hydrazine groups is 1. The van der Waals surface area contributed by atoms with Crippen molar-refractivity contribution >= 4 is 23.1 Å². The van der Waals surface area contributed by atoms with Crippen LogP contribution in [0.2, 0.25) is 0 Å². The first-order valence-corrected chi connectivity index (χ1v) is 11.6. The number of rotatable bonds is 13. The molecular formula is C26H31FN4O4. The summed E-state index contributed by atoms with van der Waals surface area (Å²) in [5, 5.41) is 19.8. The van der Waals surface area contributed by atoms with Gasteiger partial charge < -0.3 is 31.4 Å². The van der Waals surface area contributed by atoms with Crippen LogP contribution in [0.1, 0.15) is 53.8 Å². The van der Waals surface area contributed by atoms with Gasteiger partial charge in [0.2, 0.25) is 0 Å². The number of carbonyl (C=O) groups excluding carboxylic acids is 2. The molecule has 2 aromatic rings. The number of halogens is 1. The van der Waals surface area contributed by atoms with Gasteiger partial charge in [0.15, 0.2) is 5.78 Å². The first-order chi connectivity index (χ1) is 16.8. The van der Waals surface area contributed by atoms with Crippen LogP contribution in [0.4, 0.5) is 10.1 Å². The Morgan fingerprint density at radius 2 is 1.94 bits per heavy atom. The number of aliphatic hydroxyl groups is 1. The number of nitrogens with one attached hydrogen (secondary N) is 4. The third-order valence-corrected chi connectivity index (χ3v) is 5.51. The zero-order valence-corrected chi connectivity index (χ0v) is 19.8. The SMILES string of the molecule is CC[C@@H](Oc1ccc(C(=O)C2CC2)cc1)C(=N)/C=C/NNc1ccc(C(=O)N[C@H](C)CO)c(F)c1. The summed E-state index contributed by atoms with van der Waals surface area (Å²) in [6, 6.07) is 10.6. The second-order valence-electron chi connectivity index (χ2n) is 8.49. The lowest BCUT2D eigenvalue weighted by Gasteiger charge is -2.17. The summed E-state index contributed by atoms with van der Waals surface area (Å²) in [5.41, 5.74) is 6.72. The maximum absolute atomic E-state index is 14.3. The molecule has 0 saturated heterocycles. The molecule has 186 valence electrons. The molecule has 3 rings (SSSR count). The van der Waals surface area contributed by atoms with Crippen molar-refractivity contribution in [3.63, 3.8) is 0 Å². The number of ketones is 1. The Morgan fingerprint density at radius 3 is 2.54 bits per heavy atom. The molecule has 0 aliphatic heterocycles. The van der Waals surface area contributed by atoms with E-state index >= 15 is 0 Å². The molecule has 0 unspecified atom stereocenters. The molecule has 0 spiro atoms. The predicted molar refractivity (Wildman–Crippen MR) is 132 cm³/mol. The van der Waals surface area contributed by atoms with E-state index in [9.17, 15) is 14.0 Å². The highest BCUT2D eigenvalue weighted by molar-refractivity contribution is 5.99.